The predicted octanol–water partition coefficient (Wildman–Crippen LogP) is 1.88. The summed E-state index contributed by atoms with van der Waals surface area (Å²) in [6.07, 6.45) is 1.84. The van der Waals surface area contributed by atoms with Crippen molar-refractivity contribution in [2.24, 2.45) is 0 Å². The van der Waals surface area contributed by atoms with E-state index in [-0.39, 0.29) is 12.4 Å². The lowest BCUT2D eigenvalue weighted by Gasteiger charge is -1.96. The largest absolute Gasteiger partial charge is 0.398 e. The molecule has 0 atom stereocenters. The van der Waals surface area contributed by atoms with Crippen LogP contribution in [0.3, 0.4) is 0 Å². The van der Waals surface area contributed by atoms with Gasteiger partial charge in [-0.25, -0.2) is 4.98 Å². The van der Waals surface area contributed by atoms with Crippen LogP contribution in [-0.2, 0) is 0 Å². The highest BCUT2D eigenvalue weighted by molar-refractivity contribution is 5.88. The molecule has 2 heterocycles. The molecule has 0 aliphatic carbocycles. The lowest BCUT2D eigenvalue weighted by molar-refractivity contribution is 1.22. The van der Waals surface area contributed by atoms with Crippen LogP contribution >= 0.6 is 12.4 Å². The summed E-state index contributed by atoms with van der Waals surface area (Å²) < 4.78 is 0. The van der Waals surface area contributed by atoms with Crippen LogP contribution in [0.2, 0.25) is 0 Å². The SMILES string of the molecule is Cc1cc(N)c2cc[nH]c2n1.Cl. The molecule has 12 heavy (non-hydrogen) atoms. The van der Waals surface area contributed by atoms with Crippen LogP contribution in [0.5, 0.6) is 0 Å². The Bertz CT molecular complexity index is 394. The molecule has 0 fully saturated rings. The summed E-state index contributed by atoms with van der Waals surface area (Å²) in [5.41, 5.74) is 8.33. The third-order valence-corrected chi connectivity index (χ3v) is 1.69. The van der Waals surface area contributed by atoms with Gasteiger partial charge in [-0.2, -0.15) is 0 Å². The number of aromatic nitrogens is 2. The number of nitrogen functional groups attached to an aromatic ring is 1. The summed E-state index contributed by atoms with van der Waals surface area (Å²) in [5.74, 6) is 0. The van der Waals surface area contributed by atoms with E-state index in [1.54, 1.807) is 0 Å². The maximum Gasteiger partial charge on any atom is 0.139 e. The lowest BCUT2D eigenvalue weighted by atomic mass is 10.2. The zero-order chi connectivity index (χ0) is 7.84. The number of aromatic amines is 1. The first-order valence-corrected chi connectivity index (χ1v) is 3.47. The maximum atomic E-state index is 5.74. The van der Waals surface area contributed by atoms with Gasteiger partial charge in [0, 0.05) is 23.0 Å². The fourth-order valence-corrected chi connectivity index (χ4v) is 1.20. The van der Waals surface area contributed by atoms with Crippen molar-refractivity contribution >= 4 is 29.1 Å². The highest BCUT2D eigenvalue weighted by atomic mass is 35.5. The van der Waals surface area contributed by atoms with Gasteiger partial charge in [0.1, 0.15) is 5.65 Å². The number of rotatable bonds is 0. The molecule has 3 N–H and O–H groups in total. The van der Waals surface area contributed by atoms with Crippen LogP contribution in [0.15, 0.2) is 18.3 Å². The van der Waals surface area contributed by atoms with E-state index in [4.69, 9.17) is 5.73 Å². The molecule has 0 amide bonds. The van der Waals surface area contributed by atoms with E-state index in [0.29, 0.717) is 0 Å². The molecule has 0 aromatic carbocycles. The third-order valence-electron chi connectivity index (χ3n) is 1.69. The van der Waals surface area contributed by atoms with E-state index in [1.807, 2.05) is 25.3 Å². The molecule has 2 aromatic heterocycles. The normalized spacial score (nSPS) is 9.75. The van der Waals surface area contributed by atoms with Crippen LogP contribution in [0.25, 0.3) is 11.0 Å². The first-order chi connectivity index (χ1) is 5.27. The second kappa shape index (κ2) is 3.03. The Morgan fingerprint density at radius 3 is 3.00 bits per heavy atom. The molecular formula is C8H10ClN3. The summed E-state index contributed by atoms with van der Waals surface area (Å²) >= 11 is 0. The topological polar surface area (TPSA) is 54.7 Å². The summed E-state index contributed by atoms with van der Waals surface area (Å²) in [4.78, 5) is 7.27. The van der Waals surface area contributed by atoms with Crippen molar-refractivity contribution < 1.29 is 0 Å². The monoisotopic (exact) mass is 183 g/mol. The maximum absolute atomic E-state index is 5.74. The van der Waals surface area contributed by atoms with E-state index in [0.717, 1.165) is 22.4 Å². The molecule has 0 saturated heterocycles. The van der Waals surface area contributed by atoms with E-state index < -0.39 is 0 Å². The second-order valence-electron chi connectivity index (χ2n) is 2.59. The van der Waals surface area contributed by atoms with E-state index in [2.05, 4.69) is 9.97 Å². The highest BCUT2D eigenvalue weighted by Gasteiger charge is 1.99. The minimum atomic E-state index is 0. The predicted molar refractivity (Wildman–Crippen MR) is 52.5 cm³/mol. The van der Waals surface area contributed by atoms with Gasteiger partial charge in [0.05, 0.1) is 0 Å². The Kier molecular flexibility index (Phi) is 2.24. The van der Waals surface area contributed by atoms with Crippen molar-refractivity contribution in [1.29, 1.82) is 0 Å². The first kappa shape index (κ1) is 8.87. The Morgan fingerprint density at radius 2 is 2.25 bits per heavy atom. The number of nitrogens with two attached hydrogens (primary N) is 1. The van der Waals surface area contributed by atoms with Crippen molar-refractivity contribution in [3.8, 4) is 0 Å². The van der Waals surface area contributed by atoms with Gasteiger partial charge in [-0.05, 0) is 19.1 Å². The number of hydrogen-bond acceptors (Lipinski definition) is 2. The molecule has 0 bridgehead atoms. The molecule has 0 saturated carbocycles. The van der Waals surface area contributed by atoms with E-state index in [9.17, 15) is 0 Å². The minimum Gasteiger partial charge on any atom is -0.398 e. The molecule has 64 valence electrons. The number of nitrogens with zero attached hydrogens (tertiary/aromatic N) is 1. The molecule has 0 aliphatic rings. The average molecular weight is 184 g/mol. The molecule has 0 unspecified atom stereocenters. The van der Waals surface area contributed by atoms with Gasteiger partial charge >= 0.3 is 0 Å². The zero-order valence-corrected chi connectivity index (χ0v) is 7.48. The minimum absolute atomic E-state index is 0. The van der Waals surface area contributed by atoms with Gasteiger partial charge in [0.2, 0.25) is 0 Å². The Morgan fingerprint density at radius 1 is 1.50 bits per heavy atom. The fraction of sp³-hybridized carbons (Fsp3) is 0.125. The summed E-state index contributed by atoms with van der Waals surface area (Å²) in [7, 11) is 0. The van der Waals surface area contributed by atoms with Gasteiger partial charge in [0.25, 0.3) is 0 Å². The molecule has 0 aliphatic heterocycles. The molecular weight excluding hydrogens is 174 g/mol. The Hall–Kier alpha value is -1.22. The van der Waals surface area contributed by atoms with Gasteiger partial charge in [-0.3, -0.25) is 0 Å². The van der Waals surface area contributed by atoms with Crippen LogP contribution in [0.4, 0.5) is 5.69 Å². The standard InChI is InChI=1S/C8H9N3.ClH/c1-5-4-7(9)6-2-3-10-8(6)11-5;/h2-4H,1H3,(H3,9,10,11);1H. The smallest absolute Gasteiger partial charge is 0.139 e. The van der Waals surface area contributed by atoms with Crippen LogP contribution < -0.4 is 5.73 Å². The van der Waals surface area contributed by atoms with Crippen LogP contribution in [-0.4, -0.2) is 9.97 Å². The Balaban J connectivity index is 0.000000720. The van der Waals surface area contributed by atoms with Crippen molar-refractivity contribution in [3.63, 3.8) is 0 Å². The van der Waals surface area contributed by atoms with Crippen LogP contribution in [0, 0.1) is 6.92 Å². The summed E-state index contributed by atoms with van der Waals surface area (Å²) in [5, 5.41) is 0.996. The number of aryl methyl sites for hydroxylation is 1. The van der Waals surface area contributed by atoms with Gasteiger partial charge in [-0.15, -0.1) is 12.4 Å². The molecule has 3 nitrogen and oxygen atoms in total. The van der Waals surface area contributed by atoms with Gasteiger partial charge in [-0.1, -0.05) is 0 Å². The van der Waals surface area contributed by atoms with Crippen molar-refractivity contribution in [3.05, 3.63) is 24.0 Å². The number of anilines is 1. The van der Waals surface area contributed by atoms with E-state index >= 15 is 0 Å². The summed E-state index contributed by atoms with van der Waals surface area (Å²) in [6.45, 7) is 1.93. The van der Waals surface area contributed by atoms with Crippen molar-refractivity contribution in [2.75, 3.05) is 5.73 Å². The number of pyridine rings is 1. The lowest BCUT2D eigenvalue weighted by Crippen LogP contribution is -1.89. The van der Waals surface area contributed by atoms with Crippen molar-refractivity contribution in [2.45, 2.75) is 6.92 Å². The van der Waals surface area contributed by atoms with Crippen molar-refractivity contribution in [1.82, 2.24) is 9.97 Å². The molecule has 0 spiro atoms. The molecule has 0 radical (unpaired) electrons. The second-order valence-corrected chi connectivity index (χ2v) is 2.59. The fourth-order valence-electron chi connectivity index (χ4n) is 1.20. The number of nitrogens with one attached hydrogen (secondary N) is 1. The number of H-pyrrole nitrogens is 1. The number of hydrogen-bond donors (Lipinski definition) is 2. The zero-order valence-electron chi connectivity index (χ0n) is 6.66. The molecule has 2 aromatic rings. The molecule has 2 rings (SSSR count). The molecule has 4 heteroatoms. The highest BCUT2D eigenvalue weighted by Crippen LogP contribution is 2.18. The average Bonchev–Trinajstić information content (AvgIpc) is 2.34. The van der Waals surface area contributed by atoms with Gasteiger partial charge < -0.3 is 10.7 Å². The summed E-state index contributed by atoms with van der Waals surface area (Å²) in [6, 6.07) is 3.80. The van der Waals surface area contributed by atoms with Gasteiger partial charge in [0.15, 0.2) is 0 Å². The number of fused-ring (bicyclic) bond motifs is 1. The first-order valence-electron chi connectivity index (χ1n) is 3.47. The van der Waals surface area contributed by atoms with E-state index in [1.165, 1.54) is 0 Å². The quantitative estimate of drug-likeness (QED) is 0.655. The van der Waals surface area contributed by atoms with Crippen LogP contribution in [0.1, 0.15) is 5.69 Å². The third kappa shape index (κ3) is 1.23. The Labute approximate surface area is 76.4 Å². The number of halogens is 1.